The SMILES string of the molecule is CC(C)[C@H]1OC(O)C[C@@H](O)[C@@H]1O. The van der Waals surface area contributed by atoms with Crippen LogP contribution in [0, 0.1) is 5.92 Å². The molecule has 0 spiro atoms. The molecule has 1 saturated heterocycles. The maximum absolute atomic E-state index is 9.44. The molecule has 0 saturated carbocycles. The molecule has 4 atom stereocenters. The zero-order chi connectivity index (χ0) is 9.30. The third-order valence-corrected chi connectivity index (χ3v) is 2.15. The minimum Gasteiger partial charge on any atom is -0.390 e. The fraction of sp³-hybridized carbons (Fsp3) is 1.00. The van der Waals surface area contributed by atoms with Gasteiger partial charge in [-0.25, -0.2) is 0 Å². The molecule has 72 valence electrons. The van der Waals surface area contributed by atoms with Gasteiger partial charge >= 0.3 is 0 Å². The van der Waals surface area contributed by atoms with Crippen LogP contribution in [-0.4, -0.2) is 39.9 Å². The van der Waals surface area contributed by atoms with E-state index < -0.39 is 24.6 Å². The maximum atomic E-state index is 9.44. The van der Waals surface area contributed by atoms with E-state index in [1.807, 2.05) is 13.8 Å². The molecule has 1 heterocycles. The average Bonchev–Trinajstić information content (AvgIpc) is 1.96. The van der Waals surface area contributed by atoms with Gasteiger partial charge in [-0.1, -0.05) is 13.8 Å². The summed E-state index contributed by atoms with van der Waals surface area (Å²) in [6, 6.07) is 0. The molecular formula is C8H16O4. The summed E-state index contributed by atoms with van der Waals surface area (Å²) in [4.78, 5) is 0. The zero-order valence-corrected chi connectivity index (χ0v) is 7.34. The first-order chi connectivity index (χ1) is 5.52. The lowest BCUT2D eigenvalue weighted by Gasteiger charge is -2.36. The van der Waals surface area contributed by atoms with Crippen LogP contribution < -0.4 is 0 Å². The van der Waals surface area contributed by atoms with Crippen LogP contribution in [0.25, 0.3) is 0 Å². The van der Waals surface area contributed by atoms with E-state index in [0.29, 0.717) is 0 Å². The summed E-state index contributed by atoms with van der Waals surface area (Å²) >= 11 is 0. The largest absolute Gasteiger partial charge is 0.390 e. The number of ether oxygens (including phenoxy) is 1. The monoisotopic (exact) mass is 176 g/mol. The quantitative estimate of drug-likeness (QED) is 0.502. The molecule has 0 aromatic rings. The summed E-state index contributed by atoms with van der Waals surface area (Å²) in [6.07, 6.45) is -3.08. The highest BCUT2D eigenvalue weighted by atomic mass is 16.6. The van der Waals surface area contributed by atoms with Crippen LogP contribution in [0.5, 0.6) is 0 Å². The van der Waals surface area contributed by atoms with Gasteiger partial charge in [-0.3, -0.25) is 0 Å². The van der Waals surface area contributed by atoms with Gasteiger partial charge in [0.2, 0.25) is 0 Å². The van der Waals surface area contributed by atoms with Gasteiger partial charge in [0.1, 0.15) is 6.10 Å². The Morgan fingerprint density at radius 2 is 1.83 bits per heavy atom. The van der Waals surface area contributed by atoms with Gasteiger partial charge < -0.3 is 20.1 Å². The average molecular weight is 176 g/mol. The molecule has 1 aliphatic rings. The molecule has 3 N–H and O–H groups in total. The van der Waals surface area contributed by atoms with Crippen LogP contribution >= 0.6 is 0 Å². The Hall–Kier alpha value is -0.160. The highest BCUT2D eigenvalue weighted by Crippen LogP contribution is 2.23. The van der Waals surface area contributed by atoms with Gasteiger partial charge in [0.25, 0.3) is 0 Å². The van der Waals surface area contributed by atoms with Crippen molar-refractivity contribution in [2.45, 2.75) is 44.9 Å². The second kappa shape index (κ2) is 3.70. The molecule has 12 heavy (non-hydrogen) atoms. The smallest absolute Gasteiger partial charge is 0.157 e. The molecule has 0 amide bonds. The van der Waals surface area contributed by atoms with Crippen molar-refractivity contribution in [3.05, 3.63) is 0 Å². The molecule has 1 rings (SSSR count). The summed E-state index contributed by atoms with van der Waals surface area (Å²) in [5.74, 6) is 0.0876. The fourth-order valence-corrected chi connectivity index (χ4v) is 1.43. The van der Waals surface area contributed by atoms with E-state index in [4.69, 9.17) is 9.84 Å². The zero-order valence-electron chi connectivity index (χ0n) is 7.34. The van der Waals surface area contributed by atoms with Crippen LogP contribution in [0.4, 0.5) is 0 Å². The van der Waals surface area contributed by atoms with Crippen molar-refractivity contribution in [2.75, 3.05) is 0 Å². The molecule has 4 nitrogen and oxygen atoms in total. The number of hydrogen-bond donors (Lipinski definition) is 3. The van der Waals surface area contributed by atoms with Crippen LogP contribution in [0.3, 0.4) is 0 Å². The Morgan fingerprint density at radius 1 is 1.25 bits per heavy atom. The standard InChI is InChI=1S/C8H16O4/c1-4(2)8-7(11)5(9)3-6(10)12-8/h4-11H,3H2,1-2H3/t5-,6?,7+,8-/m1/s1. The van der Waals surface area contributed by atoms with Crippen LogP contribution in [0.15, 0.2) is 0 Å². The van der Waals surface area contributed by atoms with E-state index in [9.17, 15) is 10.2 Å². The summed E-state index contributed by atoms with van der Waals surface area (Å²) in [7, 11) is 0. The normalized spacial score (nSPS) is 43.5. The van der Waals surface area contributed by atoms with Crippen LogP contribution in [0.1, 0.15) is 20.3 Å². The first kappa shape index (κ1) is 9.92. The van der Waals surface area contributed by atoms with E-state index in [-0.39, 0.29) is 12.3 Å². The molecule has 1 aliphatic heterocycles. The van der Waals surface area contributed by atoms with Crippen molar-refractivity contribution >= 4 is 0 Å². The third kappa shape index (κ3) is 1.95. The van der Waals surface area contributed by atoms with Gasteiger partial charge in [0, 0.05) is 6.42 Å². The number of aliphatic hydroxyl groups excluding tert-OH is 3. The minimum atomic E-state index is -0.948. The summed E-state index contributed by atoms with van der Waals surface area (Å²) in [6.45, 7) is 3.75. The Morgan fingerprint density at radius 3 is 2.33 bits per heavy atom. The second-order valence-corrected chi connectivity index (χ2v) is 3.59. The first-order valence-corrected chi connectivity index (χ1v) is 4.22. The third-order valence-electron chi connectivity index (χ3n) is 2.15. The predicted molar refractivity (Wildman–Crippen MR) is 42.3 cm³/mol. The summed E-state index contributed by atoms with van der Waals surface area (Å²) in [5.41, 5.74) is 0. The van der Waals surface area contributed by atoms with Crippen molar-refractivity contribution in [3.63, 3.8) is 0 Å². The summed E-state index contributed by atoms with van der Waals surface area (Å²) in [5, 5.41) is 27.8. The van der Waals surface area contributed by atoms with Gasteiger partial charge in [0.05, 0.1) is 12.2 Å². The Kier molecular flexibility index (Phi) is 3.06. The highest BCUT2D eigenvalue weighted by Gasteiger charge is 2.37. The molecular weight excluding hydrogens is 160 g/mol. The van der Waals surface area contributed by atoms with Crippen molar-refractivity contribution < 1.29 is 20.1 Å². The topological polar surface area (TPSA) is 69.9 Å². The van der Waals surface area contributed by atoms with E-state index >= 15 is 0 Å². The molecule has 1 fully saturated rings. The molecule has 0 aromatic heterocycles. The van der Waals surface area contributed by atoms with Crippen molar-refractivity contribution in [3.8, 4) is 0 Å². The van der Waals surface area contributed by atoms with Gasteiger partial charge in [-0.05, 0) is 5.92 Å². The lowest BCUT2D eigenvalue weighted by atomic mass is 9.93. The van der Waals surface area contributed by atoms with Gasteiger partial charge in [0.15, 0.2) is 6.29 Å². The lowest BCUT2D eigenvalue weighted by molar-refractivity contribution is -0.242. The number of aliphatic hydroxyl groups is 3. The van der Waals surface area contributed by atoms with Crippen LogP contribution in [-0.2, 0) is 4.74 Å². The minimum absolute atomic E-state index is 0.0876. The van der Waals surface area contributed by atoms with Gasteiger partial charge in [-0.2, -0.15) is 0 Å². The summed E-state index contributed by atoms with van der Waals surface area (Å²) < 4.78 is 5.08. The highest BCUT2D eigenvalue weighted by molar-refractivity contribution is 4.83. The second-order valence-electron chi connectivity index (χ2n) is 3.59. The Bertz CT molecular complexity index is 148. The van der Waals surface area contributed by atoms with Crippen molar-refractivity contribution in [2.24, 2.45) is 5.92 Å². The van der Waals surface area contributed by atoms with Crippen molar-refractivity contribution in [1.29, 1.82) is 0 Å². The predicted octanol–water partition coefficient (Wildman–Crippen LogP) is -0.528. The van der Waals surface area contributed by atoms with E-state index in [1.54, 1.807) is 0 Å². The molecule has 0 aromatic carbocycles. The van der Waals surface area contributed by atoms with Crippen molar-refractivity contribution in [1.82, 2.24) is 0 Å². The van der Waals surface area contributed by atoms with E-state index in [1.165, 1.54) is 0 Å². The Labute approximate surface area is 71.8 Å². The Balaban J connectivity index is 2.60. The first-order valence-electron chi connectivity index (χ1n) is 4.22. The molecule has 0 aliphatic carbocycles. The molecule has 0 radical (unpaired) electrons. The molecule has 1 unspecified atom stereocenters. The fourth-order valence-electron chi connectivity index (χ4n) is 1.43. The lowest BCUT2D eigenvalue weighted by Crippen LogP contribution is -2.50. The number of hydrogen-bond acceptors (Lipinski definition) is 4. The van der Waals surface area contributed by atoms with Crippen LogP contribution in [0.2, 0.25) is 0 Å². The van der Waals surface area contributed by atoms with Gasteiger partial charge in [-0.15, -0.1) is 0 Å². The number of rotatable bonds is 1. The molecule has 4 heteroatoms. The van der Waals surface area contributed by atoms with E-state index in [2.05, 4.69) is 0 Å². The van der Waals surface area contributed by atoms with E-state index in [0.717, 1.165) is 0 Å². The molecule has 0 bridgehead atoms. The maximum Gasteiger partial charge on any atom is 0.157 e.